The van der Waals surface area contributed by atoms with Crippen molar-refractivity contribution in [2.45, 2.75) is 4.90 Å². The van der Waals surface area contributed by atoms with Crippen molar-refractivity contribution in [1.29, 1.82) is 0 Å². The molecule has 7 heteroatoms. The number of methoxy groups -OCH3 is 1. The third-order valence-corrected chi connectivity index (χ3v) is 4.76. The molecule has 20 heavy (non-hydrogen) atoms. The van der Waals surface area contributed by atoms with E-state index in [1.54, 1.807) is 36.3 Å². The van der Waals surface area contributed by atoms with Crippen molar-refractivity contribution in [2.75, 3.05) is 52.4 Å². The highest BCUT2D eigenvalue weighted by molar-refractivity contribution is 7.89. The summed E-state index contributed by atoms with van der Waals surface area (Å²) in [6, 6.07) is 6.78. The number of ether oxygens (including phenoxy) is 1. The molecule has 0 saturated heterocycles. The maximum atomic E-state index is 12.3. The Morgan fingerprint density at radius 1 is 1.20 bits per heavy atom. The maximum absolute atomic E-state index is 12.3. The van der Waals surface area contributed by atoms with Gasteiger partial charge in [0.05, 0.1) is 18.9 Å². The van der Waals surface area contributed by atoms with Crippen LogP contribution in [0, 0.1) is 0 Å². The predicted molar refractivity (Wildman–Crippen MR) is 78.5 cm³/mol. The first kappa shape index (κ1) is 16.9. The van der Waals surface area contributed by atoms with Crippen molar-refractivity contribution in [3.05, 3.63) is 24.3 Å². The van der Waals surface area contributed by atoms with Gasteiger partial charge < -0.3 is 14.7 Å². The summed E-state index contributed by atoms with van der Waals surface area (Å²) in [7, 11) is 1.05. The third-order valence-electron chi connectivity index (χ3n) is 2.90. The van der Waals surface area contributed by atoms with Gasteiger partial charge in [0.15, 0.2) is 0 Å². The fraction of sp³-hybridized carbons (Fsp3) is 0.538. The van der Waals surface area contributed by atoms with Crippen LogP contribution in [0.1, 0.15) is 0 Å². The van der Waals surface area contributed by atoms with Crippen LogP contribution in [-0.4, -0.2) is 65.3 Å². The van der Waals surface area contributed by atoms with Crippen molar-refractivity contribution in [3.8, 4) is 0 Å². The standard InChI is InChI=1S/C13H22N2O4S/c1-14(2)20(17,18)13-7-5-4-6-12(13)15(8-10-16)9-11-19-3/h4-7,16H,8-11H2,1-3H3. The molecule has 1 N–H and O–H groups in total. The molecule has 0 fully saturated rings. The van der Waals surface area contributed by atoms with Crippen LogP contribution in [0.15, 0.2) is 29.2 Å². The fourth-order valence-electron chi connectivity index (χ4n) is 1.81. The lowest BCUT2D eigenvalue weighted by Gasteiger charge is -2.26. The minimum Gasteiger partial charge on any atom is -0.395 e. The van der Waals surface area contributed by atoms with Crippen LogP contribution in [0.25, 0.3) is 0 Å². The molecule has 6 nitrogen and oxygen atoms in total. The van der Waals surface area contributed by atoms with E-state index in [2.05, 4.69) is 0 Å². The van der Waals surface area contributed by atoms with Crippen LogP contribution >= 0.6 is 0 Å². The summed E-state index contributed by atoms with van der Waals surface area (Å²) in [5.74, 6) is 0. The Labute approximate surface area is 120 Å². The van der Waals surface area contributed by atoms with Crippen molar-refractivity contribution in [2.24, 2.45) is 0 Å². The normalized spacial score (nSPS) is 11.8. The first-order chi connectivity index (χ1) is 9.45. The second-order valence-electron chi connectivity index (χ2n) is 4.46. The summed E-state index contributed by atoms with van der Waals surface area (Å²) in [5.41, 5.74) is 0.576. The lowest BCUT2D eigenvalue weighted by atomic mass is 10.3. The Morgan fingerprint density at radius 2 is 1.85 bits per heavy atom. The van der Waals surface area contributed by atoms with Gasteiger partial charge in [-0.1, -0.05) is 12.1 Å². The van der Waals surface area contributed by atoms with Crippen LogP contribution < -0.4 is 4.90 Å². The minimum absolute atomic E-state index is 0.0555. The molecule has 114 valence electrons. The zero-order valence-electron chi connectivity index (χ0n) is 12.1. The van der Waals surface area contributed by atoms with E-state index in [1.165, 1.54) is 18.4 Å². The Balaban J connectivity index is 3.22. The minimum atomic E-state index is -3.53. The number of anilines is 1. The van der Waals surface area contributed by atoms with Gasteiger partial charge in [-0.3, -0.25) is 0 Å². The Kier molecular flexibility index (Phi) is 6.41. The van der Waals surface area contributed by atoms with Gasteiger partial charge in [-0.15, -0.1) is 0 Å². The molecular weight excluding hydrogens is 280 g/mol. The monoisotopic (exact) mass is 302 g/mol. The van der Waals surface area contributed by atoms with Crippen molar-refractivity contribution in [3.63, 3.8) is 0 Å². The van der Waals surface area contributed by atoms with E-state index in [0.29, 0.717) is 25.4 Å². The summed E-state index contributed by atoms with van der Waals surface area (Å²) in [6.07, 6.45) is 0. The maximum Gasteiger partial charge on any atom is 0.244 e. The second kappa shape index (κ2) is 7.58. The summed E-state index contributed by atoms with van der Waals surface area (Å²) >= 11 is 0. The second-order valence-corrected chi connectivity index (χ2v) is 6.58. The van der Waals surface area contributed by atoms with Crippen molar-refractivity contribution >= 4 is 15.7 Å². The van der Waals surface area contributed by atoms with Crippen LogP contribution in [-0.2, 0) is 14.8 Å². The van der Waals surface area contributed by atoms with Crippen LogP contribution in [0.4, 0.5) is 5.69 Å². The molecule has 0 saturated carbocycles. The Hall–Kier alpha value is -1.15. The highest BCUT2D eigenvalue weighted by Crippen LogP contribution is 2.26. The molecule has 0 aliphatic rings. The molecule has 0 aliphatic heterocycles. The molecule has 1 rings (SSSR count). The van der Waals surface area contributed by atoms with Gasteiger partial charge in [-0.05, 0) is 12.1 Å². The van der Waals surface area contributed by atoms with E-state index in [9.17, 15) is 8.42 Å². The molecule has 0 radical (unpaired) electrons. The number of hydrogen-bond donors (Lipinski definition) is 1. The highest BCUT2D eigenvalue weighted by atomic mass is 32.2. The van der Waals surface area contributed by atoms with Gasteiger partial charge in [0.25, 0.3) is 0 Å². The lowest BCUT2D eigenvalue weighted by Crippen LogP contribution is -2.32. The van der Waals surface area contributed by atoms with Crippen molar-refractivity contribution < 1.29 is 18.3 Å². The predicted octanol–water partition coefficient (Wildman–Crippen LogP) is 0.382. The quantitative estimate of drug-likeness (QED) is 0.752. The van der Waals surface area contributed by atoms with E-state index in [1.807, 2.05) is 0 Å². The van der Waals surface area contributed by atoms with Crippen LogP contribution in [0.5, 0.6) is 0 Å². The summed E-state index contributed by atoms with van der Waals surface area (Å²) < 4.78 is 30.9. The lowest BCUT2D eigenvalue weighted by molar-refractivity contribution is 0.202. The number of para-hydroxylation sites is 1. The smallest absolute Gasteiger partial charge is 0.244 e. The number of nitrogens with zero attached hydrogens (tertiary/aromatic N) is 2. The van der Waals surface area contributed by atoms with Crippen LogP contribution in [0.3, 0.4) is 0 Å². The fourth-order valence-corrected chi connectivity index (χ4v) is 2.91. The van der Waals surface area contributed by atoms with E-state index < -0.39 is 10.0 Å². The van der Waals surface area contributed by atoms with E-state index >= 15 is 0 Å². The summed E-state index contributed by atoms with van der Waals surface area (Å²) in [6.45, 7) is 1.26. The number of sulfonamides is 1. The zero-order valence-corrected chi connectivity index (χ0v) is 12.9. The molecule has 0 amide bonds. The molecule has 0 unspecified atom stereocenters. The largest absolute Gasteiger partial charge is 0.395 e. The van der Waals surface area contributed by atoms with Gasteiger partial charge in [0.1, 0.15) is 4.90 Å². The summed E-state index contributed by atoms with van der Waals surface area (Å²) in [5, 5.41) is 9.16. The van der Waals surface area contributed by atoms with Gasteiger partial charge >= 0.3 is 0 Å². The number of hydrogen-bond acceptors (Lipinski definition) is 5. The molecule has 0 heterocycles. The van der Waals surface area contributed by atoms with E-state index in [-0.39, 0.29) is 11.5 Å². The number of benzene rings is 1. The molecule has 1 aromatic carbocycles. The molecule has 1 aromatic rings. The van der Waals surface area contributed by atoms with Crippen molar-refractivity contribution in [1.82, 2.24) is 4.31 Å². The summed E-state index contributed by atoms with van der Waals surface area (Å²) in [4.78, 5) is 2.04. The average Bonchev–Trinajstić information content (AvgIpc) is 2.43. The topological polar surface area (TPSA) is 70.1 Å². The first-order valence-corrected chi connectivity index (χ1v) is 7.75. The third kappa shape index (κ3) is 3.92. The highest BCUT2D eigenvalue weighted by Gasteiger charge is 2.23. The Morgan fingerprint density at radius 3 is 2.40 bits per heavy atom. The SMILES string of the molecule is COCCN(CCO)c1ccccc1S(=O)(=O)N(C)C. The molecule has 0 atom stereocenters. The van der Waals surface area contributed by atoms with Gasteiger partial charge in [0, 0.05) is 34.3 Å². The van der Waals surface area contributed by atoms with Gasteiger partial charge in [0.2, 0.25) is 10.0 Å². The van der Waals surface area contributed by atoms with E-state index in [4.69, 9.17) is 9.84 Å². The molecule has 0 aliphatic carbocycles. The zero-order chi connectivity index (χ0) is 15.2. The Bertz CT molecular complexity index is 517. The molecule has 0 spiro atoms. The van der Waals surface area contributed by atoms with Crippen LogP contribution in [0.2, 0.25) is 0 Å². The molecule has 0 aromatic heterocycles. The number of rotatable bonds is 8. The van der Waals surface area contributed by atoms with Gasteiger partial charge in [-0.2, -0.15) is 0 Å². The first-order valence-electron chi connectivity index (χ1n) is 6.31. The number of aliphatic hydroxyl groups excluding tert-OH is 1. The number of aliphatic hydroxyl groups is 1. The molecular formula is C13H22N2O4S. The van der Waals surface area contributed by atoms with E-state index in [0.717, 1.165) is 0 Å². The van der Waals surface area contributed by atoms with Gasteiger partial charge in [-0.25, -0.2) is 12.7 Å². The average molecular weight is 302 g/mol. The molecule has 0 bridgehead atoms.